The van der Waals surface area contributed by atoms with Gasteiger partial charge in [0.2, 0.25) is 0 Å². The second-order valence-corrected chi connectivity index (χ2v) is 16.3. The SMILES string of the molecule is COCC[Si](C)(C)C.N=C/C=C(\C=N)c1c[nH]c2nccc(N3CCCC4(CCCCN4)C3)c12. The van der Waals surface area contributed by atoms with Gasteiger partial charge in [-0.3, -0.25) is 0 Å². The standard InChI is InChI=1S/C20H26N6.C6H16OSi/c21-8-4-15(12-22)16-13-24-19-18(16)17(5-10-23-19)26-11-3-7-20(14-26)6-1-2-9-25-20;1-7-5-6-8(2,3)4/h4-5,8,10,12-13,21-22,25H,1-3,6-7,9,11,14H2,(H,23,24);5-6H2,1-4H3/b15-4+,21-8?,22-12?;. The van der Waals surface area contributed by atoms with Crippen LogP contribution < -0.4 is 10.2 Å². The summed E-state index contributed by atoms with van der Waals surface area (Å²) in [7, 11) is 0.961. The van der Waals surface area contributed by atoms with Gasteiger partial charge >= 0.3 is 0 Å². The van der Waals surface area contributed by atoms with E-state index in [1.165, 1.54) is 56.3 Å². The van der Waals surface area contributed by atoms with Gasteiger partial charge in [0.1, 0.15) is 5.65 Å². The fourth-order valence-electron chi connectivity index (χ4n) is 4.96. The van der Waals surface area contributed by atoms with Crippen molar-refractivity contribution in [3.05, 3.63) is 30.1 Å². The molecule has 8 heteroatoms. The van der Waals surface area contributed by atoms with E-state index in [4.69, 9.17) is 15.6 Å². The Morgan fingerprint density at radius 2 is 2.03 bits per heavy atom. The molecule has 4 heterocycles. The predicted octanol–water partition coefficient (Wildman–Crippen LogP) is 5.33. The van der Waals surface area contributed by atoms with Gasteiger partial charge in [-0.05, 0) is 50.4 Å². The molecule has 4 rings (SSSR count). The molecular weight excluding hydrogens is 440 g/mol. The summed E-state index contributed by atoms with van der Waals surface area (Å²) in [6.07, 6.45) is 14.2. The zero-order valence-electron chi connectivity index (χ0n) is 21.3. The maximum absolute atomic E-state index is 7.73. The number of nitrogens with zero attached hydrogens (tertiary/aromatic N) is 2. The molecule has 2 aromatic heterocycles. The first kappa shape index (κ1) is 26.3. The molecule has 2 saturated heterocycles. The fourth-order valence-corrected chi connectivity index (χ4v) is 5.78. The molecule has 0 saturated carbocycles. The highest BCUT2D eigenvalue weighted by atomic mass is 28.3. The van der Waals surface area contributed by atoms with Gasteiger partial charge in [0.25, 0.3) is 0 Å². The topological polar surface area (TPSA) is 101 Å². The number of pyridine rings is 1. The number of nitrogens with one attached hydrogen (secondary N) is 4. The molecule has 2 aliphatic rings. The lowest BCUT2D eigenvalue weighted by Gasteiger charge is -2.47. The summed E-state index contributed by atoms with van der Waals surface area (Å²) in [5, 5.41) is 20.0. The summed E-state index contributed by atoms with van der Waals surface area (Å²) >= 11 is 0. The van der Waals surface area contributed by atoms with Crippen LogP contribution >= 0.6 is 0 Å². The highest BCUT2D eigenvalue weighted by Gasteiger charge is 2.37. The molecule has 0 aliphatic carbocycles. The van der Waals surface area contributed by atoms with Gasteiger partial charge < -0.3 is 30.8 Å². The first-order chi connectivity index (χ1) is 16.3. The van der Waals surface area contributed by atoms with Crippen LogP contribution in [0.5, 0.6) is 0 Å². The first-order valence-corrected chi connectivity index (χ1v) is 16.2. The molecule has 2 aromatic rings. The van der Waals surface area contributed by atoms with E-state index >= 15 is 0 Å². The van der Waals surface area contributed by atoms with Crippen LogP contribution in [0.15, 0.2) is 24.5 Å². The Morgan fingerprint density at radius 1 is 1.24 bits per heavy atom. The lowest BCUT2D eigenvalue weighted by Crippen LogP contribution is -2.59. The van der Waals surface area contributed by atoms with Crippen molar-refractivity contribution in [2.45, 2.75) is 63.3 Å². The fraction of sp³-hybridized carbons (Fsp3) is 0.577. The van der Waals surface area contributed by atoms with E-state index in [0.29, 0.717) is 0 Å². The number of ether oxygens (including phenoxy) is 1. The zero-order chi connectivity index (χ0) is 24.6. The van der Waals surface area contributed by atoms with E-state index in [9.17, 15) is 0 Å². The Bertz CT molecular complexity index is 981. The number of rotatable bonds is 7. The summed E-state index contributed by atoms with van der Waals surface area (Å²) in [6.45, 7) is 11.2. The van der Waals surface area contributed by atoms with Crippen LogP contribution in [0.2, 0.25) is 25.7 Å². The van der Waals surface area contributed by atoms with Gasteiger partial charge in [-0.15, -0.1) is 0 Å². The van der Waals surface area contributed by atoms with Gasteiger partial charge in [-0.1, -0.05) is 26.1 Å². The molecule has 7 nitrogen and oxygen atoms in total. The monoisotopic (exact) mass is 482 g/mol. The van der Waals surface area contributed by atoms with E-state index < -0.39 is 8.07 Å². The minimum absolute atomic E-state index is 0.234. The molecule has 1 spiro atoms. The van der Waals surface area contributed by atoms with Crippen LogP contribution in [0.4, 0.5) is 5.69 Å². The highest BCUT2D eigenvalue weighted by molar-refractivity contribution is 6.76. The summed E-state index contributed by atoms with van der Waals surface area (Å²) in [5.74, 6) is 0. The first-order valence-electron chi connectivity index (χ1n) is 12.5. The van der Waals surface area contributed by atoms with Crippen LogP contribution in [0.1, 0.15) is 37.7 Å². The van der Waals surface area contributed by atoms with Crippen molar-refractivity contribution in [2.24, 2.45) is 0 Å². The number of methoxy groups -OCH3 is 1. The lowest BCUT2D eigenvalue weighted by molar-refractivity contribution is 0.214. The third-order valence-electron chi connectivity index (χ3n) is 6.84. The maximum Gasteiger partial charge on any atom is 0.139 e. The van der Waals surface area contributed by atoms with Crippen molar-refractivity contribution in [1.82, 2.24) is 15.3 Å². The predicted molar refractivity (Wildman–Crippen MR) is 148 cm³/mol. The van der Waals surface area contributed by atoms with Gasteiger partial charge in [0.05, 0.1) is 0 Å². The highest BCUT2D eigenvalue weighted by Crippen LogP contribution is 2.37. The molecule has 0 bridgehead atoms. The van der Waals surface area contributed by atoms with Gasteiger partial charge in [-0.2, -0.15) is 0 Å². The Labute approximate surface area is 205 Å². The number of allylic oxidation sites excluding steroid dienone is 2. The normalized spacial score (nSPS) is 21.3. The number of piperidine rings is 2. The average Bonchev–Trinajstić information content (AvgIpc) is 3.26. The summed E-state index contributed by atoms with van der Waals surface area (Å²) in [5.41, 5.74) is 3.92. The van der Waals surface area contributed by atoms with Crippen molar-refractivity contribution in [1.29, 1.82) is 10.8 Å². The molecule has 0 amide bonds. The number of aromatic amines is 1. The molecule has 186 valence electrons. The quantitative estimate of drug-likeness (QED) is 0.316. The molecule has 34 heavy (non-hydrogen) atoms. The Hall–Kier alpha value is -2.29. The van der Waals surface area contributed by atoms with Gasteiger partial charge in [0.15, 0.2) is 0 Å². The summed E-state index contributed by atoms with van der Waals surface area (Å²) in [6, 6.07) is 3.37. The number of fused-ring (bicyclic) bond motifs is 1. The van der Waals surface area contributed by atoms with Crippen molar-refractivity contribution in [3.63, 3.8) is 0 Å². The molecule has 0 radical (unpaired) electrons. The second-order valence-electron chi connectivity index (χ2n) is 10.7. The van der Waals surface area contributed by atoms with Gasteiger partial charge in [-0.25, -0.2) is 4.98 Å². The number of hydrogen-bond donors (Lipinski definition) is 4. The molecule has 2 aliphatic heterocycles. The minimum atomic E-state index is -0.803. The maximum atomic E-state index is 7.73. The lowest BCUT2D eigenvalue weighted by atomic mass is 9.81. The second kappa shape index (κ2) is 11.9. The van der Waals surface area contributed by atoms with Crippen molar-refractivity contribution >= 4 is 42.8 Å². The van der Waals surface area contributed by atoms with Gasteiger partial charge in [0, 0.05) is 87.5 Å². The van der Waals surface area contributed by atoms with Crippen molar-refractivity contribution in [3.8, 4) is 0 Å². The smallest absolute Gasteiger partial charge is 0.139 e. The molecule has 2 fully saturated rings. The molecule has 1 unspecified atom stereocenters. The molecular formula is C26H42N6OSi. The van der Waals surface area contributed by atoms with E-state index in [-0.39, 0.29) is 5.54 Å². The minimum Gasteiger partial charge on any atom is -0.385 e. The van der Waals surface area contributed by atoms with Crippen LogP contribution in [-0.2, 0) is 4.74 Å². The zero-order valence-corrected chi connectivity index (χ0v) is 22.3. The number of hydrogen-bond acceptors (Lipinski definition) is 6. The Kier molecular flexibility index (Phi) is 9.22. The summed E-state index contributed by atoms with van der Waals surface area (Å²) < 4.78 is 4.95. The average molecular weight is 483 g/mol. The molecule has 4 N–H and O–H groups in total. The summed E-state index contributed by atoms with van der Waals surface area (Å²) in [4.78, 5) is 10.2. The van der Waals surface area contributed by atoms with Crippen LogP contribution in [0.3, 0.4) is 0 Å². The van der Waals surface area contributed by atoms with E-state index in [1.807, 2.05) is 12.4 Å². The van der Waals surface area contributed by atoms with E-state index in [1.54, 1.807) is 13.2 Å². The number of anilines is 1. The number of aromatic nitrogens is 2. The van der Waals surface area contributed by atoms with E-state index in [0.717, 1.165) is 48.4 Å². The number of H-pyrrole nitrogens is 1. The largest absolute Gasteiger partial charge is 0.385 e. The molecule has 0 aromatic carbocycles. The van der Waals surface area contributed by atoms with E-state index in [2.05, 4.69) is 45.9 Å². The third-order valence-corrected chi connectivity index (χ3v) is 8.54. The molecule has 1 atom stereocenters. The van der Waals surface area contributed by atoms with Crippen LogP contribution in [0.25, 0.3) is 16.6 Å². The van der Waals surface area contributed by atoms with Crippen LogP contribution in [0, 0.1) is 10.8 Å². The van der Waals surface area contributed by atoms with Crippen LogP contribution in [-0.4, -0.2) is 69.4 Å². The van der Waals surface area contributed by atoms with Crippen molar-refractivity contribution < 1.29 is 4.74 Å². The third kappa shape index (κ3) is 6.64. The Morgan fingerprint density at radius 3 is 2.65 bits per heavy atom. The Balaban J connectivity index is 0.000000350. The van der Waals surface area contributed by atoms with Crippen molar-refractivity contribution in [2.75, 3.05) is 38.3 Å².